The van der Waals surface area contributed by atoms with Crippen LogP contribution in [0.25, 0.3) is 0 Å². The van der Waals surface area contributed by atoms with Gasteiger partial charge in [-0.2, -0.15) is 0 Å². The highest BCUT2D eigenvalue weighted by Gasteiger charge is 2.14. The Balaban J connectivity index is 2.16. The van der Waals surface area contributed by atoms with Gasteiger partial charge in [0.1, 0.15) is 19.0 Å². The number of halogens is 2. The van der Waals surface area contributed by atoms with E-state index in [4.69, 9.17) is 9.84 Å². The molecule has 0 aliphatic heterocycles. The number of aliphatic carboxylic acids is 1. The number of rotatable bonds is 7. The zero-order chi connectivity index (χ0) is 16.8. The smallest absolute Gasteiger partial charge is 0.329 e. The number of nitrogens with zero attached hydrogens (tertiary/aromatic N) is 1. The number of aromatic nitrogens is 1. The fourth-order valence-corrected chi connectivity index (χ4v) is 2.47. The zero-order valence-electron chi connectivity index (χ0n) is 12.0. The molecule has 1 aromatic carbocycles. The second-order valence-corrected chi connectivity index (χ2v) is 6.00. The molecule has 1 aromatic heterocycles. The number of hydrogen-bond acceptors (Lipinski definition) is 4. The van der Waals surface area contributed by atoms with E-state index in [0.717, 1.165) is 3.57 Å². The van der Waals surface area contributed by atoms with E-state index in [1.165, 1.54) is 24.5 Å². The van der Waals surface area contributed by atoms with Crippen molar-refractivity contribution in [2.45, 2.75) is 6.42 Å². The third-order valence-electron chi connectivity index (χ3n) is 3.06. The number of benzene rings is 1. The van der Waals surface area contributed by atoms with Gasteiger partial charge in [-0.05, 0) is 51.9 Å². The van der Waals surface area contributed by atoms with E-state index < -0.39 is 12.6 Å². The molecule has 0 aliphatic carbocycles. The maximum atomic E-state index is 14.0. The molecule has 0 amide bonds. The van der Waals surface area contributed by atoms with Crippen molar-refractivity contribution < 1.29 is 23.8 Å². The lowest BCUT2D eigenvalue weighted by Gasteiger charge is -2.09. The van der Waals surface area contributed by atoms with E-state index in [1.807, 2.05) is 22.6 Å². The third kappa shape index (κ3) is 5.07. The summed E-state index contributed by atoms with van der Waals surface area (Å²) in [6.45, 7) is -0.892. The highest BCUT2D eigenvalue weighted by molar-refractivity contribution is 14.1. The minimum atomic E-state index is -1.14. The molecule has 0 saturated carbocycles. The number of carboxylic acid groups (broad SMARTS) is 1. The number of carbonyl (C=O) groups is 2. The Hall–Kier alpha value is -1.87. The molecule has 23 heavy (non-hydrogen) atoms. The van der Waals surface area contributed by atoms with Crippen LogP contribution in [0.15, 0.2) is 36.7 Å². The van der Waals surface area contributed by atoms with Crippen LogP contribution in [0.4, 0.5) is 4.39 Å². The van der Waals surface area contributed by atoms with Gasteiger partial charge in [0.25, 0.3) is 0 Å². The van der Waals surface area contributed by atoms with Gasteiger partial charge in [-0.3, -0.25) is 9.78 Å². The summed E-state index contributed by atoms with van der Waals surface area (Å²) in [7, 11) is 0. The molecule has 0 fully saturated rings. The second-order valence-electron chi connectivity index (χ2n) is 4.76. The molecule has 1 heterocycles. The van der Waals surface area contributed by atoms with Crippen LogP contribution in [0.2, 0.25) is 0 Å². The van der Waals surface area contributed by atoms with Gasteiger partial charge < -0.3 is 9.84 Å². The summed E-state index contributed by atoms with van der Waals surface area (Å²) in [5.41, 5.74) is 1.37. The van der Waals surface area contributed by atoms with Crippen molar-refractivity contribution in [2.75, 3.05) is 13.2 Å². The molecule has 1 N–H and O–H groups in total. The van der Waals surface area contributed by atoms with E-state index in [9.17, 15) is 14.0 Å². The lowest BCUT2D eigenvalue weighted by Crippen LogP contribution is -2.16. The summed E-state index contributed by atoms with van der Waals surface area (Å²) < 4.78 is 19.6. The molecule has 0 aliphatic rings. The Morgan fingerprint density at radius 2 is 2.00 bits per heavy atom. The number of ketones is 1. The molecule has 5 nitrogen and oxygen atoms in total. The number of carboxylic acids is 1. The molecular weight excluding hydrogens is 416 g/mol. The molecule has 0 unspecified atom stereocenters. The first-order valence-electron chi connectivity index (χ1n) is 6.67. The van der Waals surface area contributed by atoms with Crippen molar-refractivity contribution in [3.05, 3.63) is 62.7 Å². The minimum Gasteiger partial charge on any atom is -0.480 e. The Morgan fingerprint density at radius 1 is 1.22 bits per heavy atom. The van der Waals surface area contributed by atoms with Crippen LogP contribution >= 0.6 is 22.6 Å². The fourth-order valence-electron chi connectivity index (χ4n) is 2.02. The normalized spacial score (nSPS) is 10.5. The monoisotopic (exact) mass is 429 g/mol. The summed E-state index contributed by atoms with van der Waals surface area (Å²) in [4.78, 5) is 26.5. The van der Waals surface area contributed by atoms with E-state index in [1.54, 1.807) is 12.1 Å². The van der Waals surface area contributed by atoms with Crippen molar-refractivity contribution in [3.8, 4) is 0 Å². The van der Waals surface area contributed by atoms with Gasteiger partial charge in [-0.1, -0.05) is 6.07 Å². The first-order valence-corrected chi connectivity index (χ1v) is 7.75. The van der Waals surface area contributed by atoms with Gasteiger partial charge in [-0.25, -0.2) is 9.18 Å². The summed E-state index contributed by atoms with van der Waals surface area (Å²) in [5, 5.41) is 8.51. The van der Waals surface area contributed by atoms with Crippen LogP contribution < -0.4 is 0 Å². The topological polar surface area (TPSA) is 76.5 Å². The number of ether oxygens (including phenoxy) is 1. The molecule has 0 spiro atoms. The summed E-state index contributed by atoms with van der Waals surface area (Å²) in [5.74, 6) is -1.86. The van der Waals surface area contributed by atoms with Crippen LogP contribution in [0.5, 0.6) is 0 Å². The van der Waals surface area contributed by atoms with Gasteiger partial charge in [0, 0.05) is 27.9 Å². The predicted molar refractivity (Wildman–Crippen MR) is 88.9 cm³/mol. The second kappa shape index (κ2) is 8.11. The van der Waals surface area contributed by atoms with Crippen molar-refractivity contribution >= 4 is 34.3 Å². The SMILES string of the molecule is O=C(O)COCC(=O)c1ccncc1Cc1ccc(I)cc1F. The molecule has 0 bridgehead atoms. The minimum absolute atomic E-state index is 0.219. The number of carbonyl (C=O) groups excluding carboxylic acids is 1. The van der Waals surface area contributed by atoms with Crippen LogP contribution in [0.3, 0.4) is 0 Å². The molecule has 2 aromatic rings. The number of hydrogen-bond donors (Lipinski definition) is 1. The van der Waals surface area contributed by atoms with E-state index in [-0.39, 0.29) is 24.6 Å². The lowest BCUT2D eigenvalue weighted by atomic mass is 9.99. The number of pyridine rings is 1. The standard InChI is InChI=1S/C16H13FINO4/c17-14-6-12(18)2-1-10(14)5-11-7-19-4-3-13(11)15(20)8-23-9-16(21)22/h1-4,6-7H,5,8-9H2,(H,21,22). The highest BCUT2D eigenvalue weighted by Crippen LogP contribution is 2.18. The molecule has 0 atom stereocenters. The lowest BCUT2D eigenvalue weighted by molar-refractivity contribution is -0.141. The van der Waals surface area contributed by atoms with E-state index in [0.29, 0.717) is 16.7 Å². The quantitative estimate of drug-likeness (QED) is 0.541. The van der Waals surface area contributed by atoms with Gasteiger partial charge in [0.05, 0.1) is 0 Å². The van der Waals surface area contributed by atoms with Gasteiger partial charge >= 0.3 is 5.97 Å². The maximum Gasteiger partial charge on any atom is 0.329 e. The summed E-state index contributed by atoms with van der Waals surface area (Å²) in [6, 6.07) is 6.39. The Labute approximate surface area is 145 Å². The number of Topliss-reactive ketones (excluding diaryl/α,β-unsaturated/α-hetero) is 1. The fraction of sp³-hybridized carbons (Fsp3) is 0.188. The summed E-state index contributed by atoms with van der Waals surface area (Å²) >= 11 is 2.02. The summed E-state index contributed by atoms with van der Waals surface area (Å²) in [6.07, 6.45) is 3.18. The predicted octanol–water partition coefficient (Wildman–Crippen LogP) is 2.70. The van der Waals surface area contributed by atoms with Gasteiger partial charge in [-0.15, -0.1) is 0 Å². The molecule has 120 valence electrons. The molecule has 0 saturated heterocycles. The highest BCUT2D eigenvalue weighted by atomic mass is 127. The van der Waals surface area contributed by atoms with Gasteiger partial charge in [0.15, 0.2) is 5.78 Å². The third-order valence-corrected chi connectivity index (χ3v) is 3.73. The Bertz CT molecular complexity index is 736. The Morgan fingerprint density at radius 3 is 2.70 bits per heavy atom. The largest absolute Gasteiger partial charge is 0.480 e. The van der Waals surface area contributed by atoms with Crippen molar-refractivity contribution in [3.63, 3.8) is 0 Å². The van der Waals surface area contributed by atoms with E-state index in [2.05, 4.69) is 4.98 Å². The first-order chi connectivity index (χ1) is 11.0. The molecular formula is C16H13FINO4. The molecule has 2 rings (SSSR count). The maximum absolute atomic E-state index is 14.0. The van der Waals surface area contributed by atoms with Crippen molar-refractivity contribution in [2.24, 2.45) is 0 Å². The van der Waals surface area contributed by atoms with Crippen LogP contribution in [-0.4, -0.2) is 35.1 Å². The zero-order valence-corrected chi connectivity index (χ0v) is 14.1. The van der Waals surface area contributed by atoms with Crippen LogP contribution in [-0.2, 0) is 16.0 Å². The average molecular weight is 429 g/mol. The van der Waals surface area contributed by atoms with Crippen LogP contribution in [0, 0.1) is 9.39 Å². The van der Waals surface area contributed by atoms with Gasteiger partial charge in [0.2, 0.25) is 0 Å². The van der Waals surface area contributed by atoms with Crippen LogP contribution in [0.1, 0.15) is 21.5 Å². The molecule has 0 radical (unpaired) electrons. The van der Waals surface area contributed by atoms with E-state index >= 15 is 0 Å². The first kappa shape index (κ1) is 17.5. The van der Waals surface area contributed by atoms with Crippen molar-refractivity contribution in [1.29, 1.82) is 0 Å². The average Bonchev–Trinajstić information content (AvgIpc) is 2.50. The van der Waals surface area contributed by atoms with Crippen molar-refractivity contribution in [1.82, 2.24) is 4.98 Å². The molecule has 7 heteroatoms. The Kier molecular flexibility index (Phi) is 6.17.